The van der Waals surface area contributed by atoms with Crippen molar-refractivity contribution in [1.29, 1.82) is 0 Å². The van der Waals surface area contributed by atoms with Crippen LogP contribution in [0.25, 0.3) is 0 Å². The molecule has 106 valence electrons. The minimum atomic E-state index is 0.0955. The summed E-state index contributed by atoms with van der Waals surface area (Å²) in [4.78, 5) is 2.10. The second-order valence-electron chi connectivity index (χ2n) is 4.17. The Morgan fingerprint density at radius 2 is 2.00 bits per heavy atom. The van der Waals surface area contributed by atoms with Crippen LogP contribution in [0.15, 0.2) is 29.4 Å². The van der Waals surface area contributed by atoms with Gasteiger partial charge in [-0.15, -0.1) is 0 Å². The highest BCUT2D eigenvalue weighted by atomic mass is 16.5. The van der Waals surface area contributed by atoms with E-state index in [2.05, 4.69) is 10.1 Å². The van der Waals surface area contributed by atoms with Gasteiger partial charge in [-0.25, -0.2) is 0 Å². The van der Waals surface area contributed by atoms with Gasteiger partial charge in [0.05, 0.1) is 13.2 Å². The molecule has 0 radical (unpaired) electrons. The summed E-state index contributed by atoms with van der Waals surface area (Å²) in [7, 11) is 1.66. The summed E-state index contributed by atoms with van der Waals surface area (Å²) in [5.74, 6) is 0.0955. The van der Waals surface area contributed by atoms with E-state index < -0.39 is 0 Å². The highest BCUT2D eigenvalue weighted by Crippen LogP contribution is 2.07. The van der Waals surface area contributed by atoms with E-state index in [0.29, 0.717) is 18.7 Å². The second kappa shape index (κ2) is 8.47. The Morgan fingerprint density at radius 1 is 1.32 bits per heavy atom. The summed E-state index contributed by atoms with van der Waals surface area (Å²) in [5, 5.41) is 20.6. The van der Waals surface area contributed by atoms with Gasteiger partial charge in [-0.05, 0) is 5.56 Å². The van der Waals surface area contributed by atoms with Gasteiger partial charge in [0.1, 0.15) is 0 Å². The number of oxime groups is 1. The van der Waals surface area contributed by atoms with Crippen LogP contribution in [-0.2, 0) is 11.3 Å². The van der Waals surface area contributed by atoms with Crippen LogP contribution in [0.5, 0.6) is 0 Å². The van der Waals surface area contributed by atoms with E-state index in [1.807, 2.05) is 12.1 Å². The minimum Gasteiger partial charge on any atom is -0.409 e. The van der Waals surface area contributed by atoms with Crippen molar-refractivity contribution in [2.24, 2.45) is 10.9 Å². The van der Waals surface area contributed by atoms with Crippen molar-refractivity contribution in [2.75, 3.05) is 33.4 Å². The molecule has 0 aliphatic carbocycles. The molecule has 19 heavy (non-hydrogen) atoms. The molecule has 1 rings (SSSR count). The quantitative estimate of drug-likeness (QED) is 0.271. The standard InChI is InChI=1S/C13H21N3O3/c1-19-9-7-16(6-8-17)10-11-2-4-12(5-3-11)13(14)15-18/h2-5,17-18H,6-10H2,1H3,(H2,14,15). The van der Waals surface area contributed by atoms with E-state index in [0.717, 1.165) is 18.7 Å². The Balaban J connectivity index is 2.63. The summed E-state index contributed by atoms with van der Waals surface area (Å²) in [6.07, 6.45) is 0. The van der Waals surface area contributed by atoms with E-state index in [-0.39, 0.29) is 12.4 Å². The number of methoxy groups -OCH3 is 1. The van der Waals surface area contributed by atoms with E-state index in [1.165, 1.54) is 0 Å². The third-order valence-electron chi connectivity index (χ3n) is 2.79. The SMILES string of the molecule is COCCN(CCO)Cc1ccc(/C(N)=N/O)cc1. The predicted molar refractivity (Wildman–Crippen MR) is 73.2 cm³/mol. The molecule has 0 saturated carbocycles. The molecule has 0 spiro atoms. The third-order valence-corrected chi connectivity index (χ3v) is 2.79. The van der Waals surface area contributed by atoms with Crippen molar-refractivity contribution in [3.05, 3.63) is 35.4 Å². The first-order valence-electron chi connectivity index (χ1n) is 6.10. The van der Waals surface area contributed by atoms with Crippen molar-refractivity contribution in [3.63, 3.8) is 0 Å². The largest absolute Gasteiger partial charge is 0.409 e. The second-order valence-corrected chi connectivity index (χ2v) is 4.17. The highest BCUT2D eigenvalue weighted by molar-refractivity contribution is 5.96. The fraction of sp³-hybridized carbons (Fsp3) is 0.462. The highest BCUT2D eigenvalue weighted by Gasteiger charge is 2.06. The molecule has 6 heteroatoms. The molecule has 0 atom stereocenters. The fourth-order valence-corrected chi connectivity index (χ4v) is 1.73. The van der Waals surface area contributed by atoms with Crippen LogP contribution in [0.1, 0.15) is 11.1 Å². The maximum absolute atomic E-state index is 9.02. The maximum Gasteiger partial charge on any atom is 0.170 e. The Labute approximate surface area is 113 Å². The van der Waals surface area contributed by atoms with Gasteiger partial charge in [0, 0.05) is 32.3 Å². The summed E-state index contributed by atoms with van der Waals surface area (Å²) < 4.78 is 5.04. The maximum atomic E-state index is 9.02. The van der Waals surface area contributed by atoms with Crippen LogP contribution in [0.4, 0.5) is 0 Å². The molecule has 0 saturated heterocycles. The fourth-order valence-electron chi connectivity index (χ4n) is 1.73. The number of nitrogens with two attached hydrogens (primary N) is 1. The number of hydrogen-bond acceptors (Lipinski definition) is 5. The smallest absolute Gasteiger partial charge is 0.170 e. The topological polar surface area (TPSA) is 91.3 Å². The first-order valence-corrected chi connectivity index (χ1v) is 6.10. The van der Waals surface area contributed by atoms with E-state index in [1.54, 1.807) is 19.2 Å². The molecule has 0 aromatic heterocycles. The van der Waals surface area contributed by atoms with Gasteiger partial charge < -0.3 is 20.8 Å². The lowest BCUT2D eigenvalue weighted by Crippen LogP contribution is -2.29. The Hall–Kier alpha value is -1.63. The van der Waals surface area contributed by atoms with E-state index in [9.17, 15) is 0 Å². The zero-order valence-electron chi connectivity index (χ0n) is 11.1. The van der Waals surface area contributed by atoms with Crippen LogP contribution in [0, 0.1) is 0 Å². The monoisotopic (exact) mass is 267 g/mol. The number of benzene rings is 1. The molecule has 0 unspecified atom stereocenters. The van der Waals surface area contributed by atoms with Crippen LogP contribution < -0.4 is 5.73 Å². The number of amidine groups is 1. The van der Waals surface area contributed by atoms with Gasteiger partial charge >= 0.3 is 0 Å². The molecule has 4 N–H and O–H groups in total. The molecule has 0 heterocycles. The average Bonchev–Trinajstić information content (AvgIpc) is 2.45. The predicted octanol–water partition coefficient (Wildman–Crippen LogP) is 0.222. The number of ether oxygens (including phenoxy) is 1. The van der Waals surface area contributed by atoms with Gasteiger partial charge in [-0.2, -0.15) is 0 Å². The molecular weight excluding hydrogens is 246 g/mol. The first-order chi connectivity index (χ1) is 9.21. The van der Waals surface area contributed by atoms with Crippen LogP contribution in [-0.4, -0.2) is 54.5 Å². The van der Waals surface area contributed by atoms with E-state index in [4.69, 9.17) is 20.8 Å². The zero-order chi connectivity index (χ0) is 14.1. The van der Waals surface area contributed by atoms with Crippen molar-refractivity contribution in [2.45, 2.75) is 6.54 Å². The molecule has 6 nitrogen and oxygen atoms in total. The minimum absolute atomic E-state index is 0.0955. The lowest BCUT2D eigenvalue weighted by Gasteiger charge is -2.21. The lowest BCUT2D eigenvalue weighted by molar-refractivity contribution is 0.127. The number of aliphatic hydroxyl groups is 1. The number of rotatable bonds is 8. The first kappa shape index (κ1) is 15.4. The molecular formula is C13H21N3O3. The number of hydrogen-bond donors (Lipinski definition) is 3. The van der Waals surface area contributed by atoms with Crippen LogP contribution >= 0.6 is 0 Å². The van der Waals surface area contributed by atoms with Gasteiger partial charge in [0.25, 0.3) is 0 Å². The van der Waals surface area contributed by atoms with Gasteiger partial charge in [0.15, 0.2) is 5.84 Å². The molecule has 0 aliphatic rings. The van der Waals surface area contributed by atoms with Crippen molar-refractivity contribution in [3.8, 4) is 0 Å². The Morgan fingerprint density at radius 3 is 2.53 bits per heavy atom. The van der Waals surface area contributed by atoms with Crippen molar-refractivity contribution < 1.29 is 15.1 Å². The molecule has 0 amide bonds. The van der Waals surface area contributed by atoms with Crippen LogP contribution in [0.2, 0.25) is 0 Å². The molecule has 0 fully saturated rings. The summed E-state index contributed by atoms with van der Waals surface area (Å²) in [6, 6.07) is 7.45. The summed E-state index contributed by atoms with van der Waals surface area (Å²) in [6.45, 7) is 2.83. The Kier molecular flexibility index (Phi) is 6.88. The summed E-state index contributed by atoms with van der Waals surface area (Å²) in [5.41, 5.74) is 7.27. The average molecular weight is 267 g/mol. The van der Waals surface area contributed by atoms with Gasteiger partial charge in [0.2, 0.25) is 0 Å². The van der Waals surface area contributed by atoms with Crippen LogP contribution in [0.3, 0.4) is 0 Å². The molecule has 0 aliphatic heterocycles. The van der Waals surface area contributed by atoms with Crippen molar-refractivity contribution in [1.82, 2.24) is 4.90 Å². The lowest BCUT2D eigenvalue weighted by atomic mass is 10.1. The molecule has 0 bridgehead atoms. The summed E-state index contributed by atoms with van der Waals surface area (Å²) >= 11 is 0. The zero-order valence-corrected chi connectivity index (χ0v) is 11.1. The number of nitrogens with zero attached hydrogens (tertiary/aromatic N) is 2. The van der Waals surface area contributed by atoms with Crippen molar-refractivity contribution >= 4 is 5.84 Å². The molecule has 1 aromatic carbocycles. The molecule has 1 aromatic rings. The third kappa shape index (κ3) is 5.25. The van der Waals surface area contributed by atoms with E-state index >= 15 is 0 Å². The number of aliphatic hydroxyl groups excluding tert-OH is 1. The Bertz CT molecular complexity index is 393. The van der Waals surface area contributed by atoms with Gasteiger partial charge in [-0.1, -0.05) is 29.4 Å². The van der Waals surface area contributed by atoms with Gasteiger partial charge in [-0.3, -0.25) is 4.90 Å². The normalized spacial score (nSPS) is 12.1.